The zero-order valence-electron chi connectivity index (χ0n) is 15.2. The number of hydrogen-bond acceptors (Lipinski definition) is 4. The minimum Gasteiger partial charge on any atom is -0.464 e. The lowest BCUT2D eigenvalue weighted by atomic mass is 9.83. The first-order valence-corrected chi connectivity index (χ1v) is 9.42. The molecule has 1 spiro atoms. The van der Waals surface area contributed by atoms with E-state index in [0.29, 0.717) is 6.61 Å². The van der Waals surface area contributed by atoms with E-state index in [9.17, 15) is 4.79 Å². The Balaban J connectivity index is 1.50. The maximum absolute atomic E-state index is 12.4. The third-order valence-electron chi connectivity index (χ3n) is 5.49. The van der Waals surface area contributed by atoms with Gasteiger partial charge >= 0.3 is 5.97 Å². The number of nitrogens with zero attached hydrogens (tertiary/aromatic N) is 1. The van der Waals surface area contributed by atoms with Crippen LogP contribution < -0.4 is 0 Å². The predicted octanol–water partition coefficient (Wildman–Crippen LogP) is 3.81. The average Bonchev–Trinajstić information content (AvgIpc) is 3.00. The average molecular weight is 351 g/mol. The minimum atomic E-state index is -0.591. The largest absolute Gasteiger partial charge is 0.464 e. The monoisotopic (exact) mass is 351 g/mol. The second kappa shape index (κ2) is 7.22. The third-order valence-corrected chi connectivity index (χ3v) is 5.49. The summed E-state index contributed by atoms with van der Waals surface area (Å²) >= 11 is 0. The highest BCUT2D eigenvalue weighted by Gasteiger charge is 2.49. The van der Waals surface area contributed by atoms with Gasteiger partial charge in [-0.3, -0.25) is 4.90 Å². The van der Waals surface area contributed by atoms with Gasteiger partial charge in [-0.25, -0.2) is 4.79 Å². The zero-order chi connectivity index (χ0) is 18.0. The Morgan fingerprint density at radius 2 is 1.81 bits per heavy atom. The van der Waals surface area contributed by atoms with Crippen molar-refractivity contribution in [2.75, 3.05) is 19.7 Å². The summed E-state index contributed by atoms with van der Waals surface area (Å²) in [6, 6.07) is 18.7. The van der Waals surface area contributed by atoms with E-state index in [4.69, 9.17) is 9.47 Å². The Hall–Kier alpha value is -2.17. The lowest BCUT2D eigenvalue weighted by Gasteiger charge is -2.39. The number of fused-ring (bicyclic) bond motifs is 2. The van der Waals surface area contributed by atoms with Crippen LogP contribution in [0.5, 0.6) is 0 Å². The van der Waals surface area contributed by atoms with Gasteiger partial charge in [0.2, 0.25) is 0 Å². The van der Waals surface area contributed by atoms with E-state index in [1.807, 2.05) is 31.2 Å². The Kier molecular flexibility index (Phi) is 4.79. The molecule has 26 heavy (non-hydrogen) atoms. The smallest absolute Gasteiger partial charge is 0.339 e. The van der Waals surface area contributed by atoms with Gasteiger partial charge < -0.3 is 9.47 Å². The molecule has 0 aromatic heterocycles. The minimum absolute atomic E-state index is 0.274. The molecular formula is C22H25NO3. The number of esters is 1. The lowest BCUT2D eigenvalue weighted by molar-refractivity contribution is -0.172. The van der Waals surface area contributed by atoms with Crippen molar-refractivity contribution in [2.45, 2.75) is 38.0 Å². The molecule has 0 aliphatic carbocycles. The molecule has 0 radical (unpaired) electrons. The molecule has 4 nitrogen and oxygen atoms in total. The van der Waals surface area contributed by atoms with Crippen molar-refractivity contribution < 1.29 is 14.3 Å². The molecular weight excluding hydrogens is 326 g/mol. The van der Waals surface area contributed by atoms with E-state index in [0.717, 1.165) is 43.6 Å². The molecule has 1 fully saturated rings. The molecule has 1 saturated heterocycles. The van der Waals surface area contributed by atoms with Crippen molar-refractivity contribution in [3.05, 3.63) is 71.3 Å². The number of ether oxygens (including phenoxy) is 2. The third kappa shape index (κ3) is 3.15. The number of rotatable bonds is 4. The fourth-order valence-corrected chi connectivity index (χ4v) is 4.19. The summed E-state index contributed by atoms with van der Waals surface area (Å²) in [5.41, 5.74) is 3.11. The van der Waals surface area contributed by atoms with Crippen molar-refractivity contribution in [2.24, 2.45) is 0 Å². The van der Waals surface area contributed by atoms with Crippen LogP contribution in [0.15, 0.2) is 54.6 Å². The fraction of sp³-hybridized carbons (Fsp3) is 0.409. The summed E-state index contributed by atoms with van der Waals surface area (Å²) < 4.78 is 11.6. The molecule has 2 aliphatic rings. The van der Waals surface area contributed by atoms with E-state index in [1.54, 1.807) is 0 Å². The molecule has 4 rings (SSSR count). The highest BCUT2D eigenvalue weighted by atomic mass is 16.6. The quantitative estimate of drug-likeness (QED) is 0.785. The first-order valence-electron chi connectivity index (χ1n) is 9.42. The van der Waals surface area contributed by atoms with Gasteiger partial charge in [0.05, 0.1) is 12.2 Å². The molecule has 136 valence electrons. The van der Waals surface area contributed by atoms with Crippen LogP contribution in [0.3, 0.4) is 0 Å². The van der Waals surface area contributed by atoms with E-state index in [-0.39, 0.29) is 11.6 Å². The summed E-state index contributed by atoms with van der Waals surface area (Å²) in [5, 5.41) is 0. The predicted molar refractivity (Wildman–Crippen MR) is 99.5 cm³/mol. The molecule has 0 saturated carbocycles. The molecule has 0 amide bonds. The van der Waals surface area contributed by atoms with Gasteiger partial charge in [0.25, 0.3) is 0 Å². The van der Waals surface area contributed by atoms with Crippen LogP contribution in [-0.2, 0) is 26.4 Å². The summed E-state index contributed by atoms with van der Waals surface area (Å²) in [7, 11) is 0. The van der Waals surface area contributed by atoms with E-state index in [2.05, 4.69) is 35.2 Å². The number of hydrogen-bond donors (Lipinski definition) is 0. The van der Waals surface area contributed by atoms with Crippen LogP contribution in [-0.4, -0.2) is 30.6 Å². The number of carbonyl (C=O) groups is 1. The zero-order valence-corrected chi connectivity index (χ0v) is 15.2. The number of carbonyl (C=O) groups excluding carboxylic acids is 1. The summed E-state index contributed by atoms with van der Waals surface area (Å²) in [4.78, 5) is 14.8. The molecule has 1 unspecified atom stereocenters. The second-order valence-corrected chi connectivity index (χ2v) is 7.09. The standard InChI is InChI=1S/C22H25NO3/c1-2-25-21(24)20-18-10-6-7-11-19(18)22(26-20)12-14-23(15-13-22)16-17-8-4-3-5-9-17/h3-11,20H,2,12-16H2,1H3. The normalized spacial score (nSPS) is 21.5. The van der Waals surface area contributed by atoms with Crippen LogP contribution in [0.1, 0.15) is 42.6 Å². The van der Waals surface area contributed by atoms with Crippen LogP contribution in [0.2, 0.25) is 0 Å². The van der Waals surface area contributed by atoms with E-state index in [1.165, 1.54) is 5.56 Å². The van der Waals surface area contributed by atoms with Crippen molar-refractivity contribution in [1.29, 1.82) is 0 Å². The summed E-state index contributed by atoms with van der Waals surface area (Å²) in [6.45, 7) is 5.08. The summed E-state index contributed by atoms with van der Waals surface area (Å²) in [5.74, 6) is -0.274. The van der Waals surface area contributed by atoms with E-state index < -0.39 is 6.10 Å². The number of piperidine rings is 1. The van der Waals surface area contributed by atoms with Crippen LogP contribution in [0.25, 0.3) is 0 Å². The van der Waals surface area contributed by atoms with Gasteiger partial charge in [0.15, 0.2) is 6.10 Å². The van der Waals surface area contributed by atoms with Gasteiger partial charge in [0, 0.05) is 19.6 Å². The molecule has 2 aromatic rings. The highest BCUT2D eigenvalue weighted by molar-refractivity contribution is 5.78. The van der Waals surface area contributed by atoms with Crippen molar-refractivity contribution in [3.63, 3.8) is 0 Å². The second-order valence-electron chi connectivity index (χ2n) is 7.09. The maximum atomic E-state index is 12.4. The Labute approximate surface area is 154 Å². The van der Waals surface area contributed by atoms with Gasteiger partial charge in [-0.1, -0.05) is 54.6 Å². The fourth-order valence-electron chi connectivity index (χ4n) is 4.19. The molecule has 0 bridgehead atoms. The first-order chi connectivity index (χ1) is 12.7. The van der Waals surface area contributed by atoms with Crippen molar-refractivity contribution >= 4 is 5.97 Å². The highest BCUT2D eigenvalue weighted by Crippen LogP contribution is 2.49. The van der Waals surface area contributed by atoms with Crippen LogP contribution in [0.4, 0.5) is 0 Å². The molecule has 4 heteroatoms. The Bertz CT molecular complexity index is 766. The summed E-state index contributed by atoms with van der Waals surface area (Å²) in [6.07, 6.45) is 1.20. The Morgan fingerprint density at radius 3 is 2.54 bits per heavy atom. The van der Waals surface area contributed by atoms with Gasteiger partial charge in [0.1, 0.15) is 0 Å². The molecule has 0 N–H and O–H groups in total. The maximum Gasteiger partial charge on any atom is 0.339 e. The number of benzene rings is 2. The molecule has 2 aromatic carbocycles. The molecule has 1 atom stereocenters. The number of likely N-dealkylation sites (tertiary alicyclic amines) is 1. The van der Waals surface area contributed by atoms with Crippen molar-refractivity contribution in [1.82, 2.24) is 4.90 Å². The van der Waals surface area contributed by atoms with Gasteiger partial charge in [-0.2, -0.15) is 0 Å². The van der Waals surface area contributed by atoms with Crippen LogP contribution >= 0.6 is 0 Å². The first kappa shape index (κ1) is 17.3. The van der Waals surface area contributed by atoms with Gasteiger partial charge in [-0.15, -0.1) is 0 Å². The molecule has 2 aliphatic heterocycles. The Morgan fingerprint density at radius 1 is 1.12 bits per heavy atom. The van der Waals surface area contributed by atoms with Crippen LogP contribution in [0, 0.1) is 0 Å². The molecule has 2 heterocycles. The SMILES string of the molecule is CCOC(=O)C1OC2(CCN(Cc3ccccc3)CC2)c2ccccc21. The lowest BCUT2D eigenvalue weighted by Crippen LogP contribution is -2.42. The van der Waals surface area contributed by atoms with E-state index >= 15 is 0 Å². The van der Waals surface area contributed by atoms with Gasteiger partial charge in [-0.05, 0) is 36.5 Å². The van der Waals surface area contributed by atoms with Crippen molar-refractivity contribution in [3.8, 4) is 0 Å². The topological polar surface area (TPSA) is 38.8 Å².